The number of aromatic nitrogens is 4. The molecule has 17 nitrogen and oxygen atoms in total. The maximum Gasteiger partial charge on any atom is 1.00 e. The molecule has 0 amide bonds. The van der Waals surface area contributed by atoms with Crippen LogP contribution in [0.3, 0.4) is 0 Å². The van der Waals surface area contributed by atoms with Crippen LogP contribution in [-0.4, -0.2) is 93.7 Å². The number of hydrogen-bond donors (Lipinski definition) is 3. The van der Waals surface area contributed by atoms with Gasteiger partial charge in [0.25, 0.3) is 6.47 Å². The van der Waals surface area contributed by atoms with E-state index in [1.165, 1.54) is 82.4 Å². The number of halogens is 3. The molecule has 6 rings (SSSR count). The van der Waals surface area contributed by atoms with Gasteiger partial charge in [0.15, 0.2) is 24.1 Å². The molecule has 2 aromatic heterocycles. The number of phenols is 1. The van der Waals surface area contributed by atoms with Crippen molar-refractivity contribution in [2.75, 3.05) is 49.8 Å². The minimum Gasteiger partial charge on any atom is -1.00 e. The van der Waals surface area contributed by atoms with Gasteiger partial charge < -0.3 is 51.8 Å². The zero-order valence-corrected chi connectivity index (χ0v) is 45.8. The summed E-state index contributed by atoms with van der Waals surface area (Å²) < 4.78 is 55.8. The average Bonchev–Trinajstić information content (AvgIpc) is 3.90. The maximum absolute atomic E-state index is 13.2. The molecule has 4 aromatic carbocycles. The molecule has 0 saturated heterocycles. The van der Waals surface area contributed by atoms with Crippen LogP contribution < -0.4 is 124 Å². The summed E-state index contributed by atoms with van der Waals surface area (Å²) in [6.45, 7) is 10.1. The van der Waals surface area contributed by atoms with E-state index in [2.05, 4.69) is 31.0 Å². The number of rotatable bonds is 19. The summed E-state index contributed by atoms with van der Waals surface area (Å²) in [6, 6.07) is 24.0. The predicted molar refractivity (Wildman–Crippen MR) is 239 cm³/mol. The monoisotopic (exact) mass is 1050 g/mol. The van der Waals surface area contributed by atoms with Gasteiger partial charge in [0.1, 0.15) is 41.4 Å². The normalized spacial score (nSPS) is 10.2. The number of alkyl halides is 1. The van der Waals surface area contributed by atoms with Crippen molar-refractivity contribution >= 4 is 45.6 Å². The van der Waals surface area contributed by atoms with Crippen LogP contribution >= 0.6 is 15.9 Å². The molecule has 0 spiro atoms. The quantitative estimate of drug-likeness (QED) is 0.0190. The van der Waals surface area contributed by atoms with Crippen molar-refractivity contribution in [1.29, 1.82) is 0 Å². The molecule has 0 saturated carbocycles. The first-order valence-corrected chi connectivity index (χ1v) is 21.0. The molecule has 0 fully saturated rings. The molecule has 0 aliphatic heterocycles. The molecule has 0 bridgehead atoms. The fourth-order valence-corrected chi connectivity index (χ4v) is 5.89. The first-order chi connectivity index (χ1) is 31.3. The molecule has 2 heterocycles. The van der Waals surface area contributed by atoms with E-state index < -0.39 is 6.29 Å². The van der Waals surface area contributed by atoms with Gasteiger partial charge in [0, 0.05) is 37.6 Å². The number of phenolic OH excluding ortho intramolecular Hbond substituents is 1. The molecule has 0 radical (unpaired) electrons. The van der Waals surface area contributed by atoms with Gasteiger partial charge in [-0.2, -0.15) is 10.2 Å². The summed E-state index contributed by atoms with van der Waals surface area (Å²) in [5.41, 5.74) is 14.4. The molecule has 67 heavy (non-hydrogen) atoms. The van der Waals surface area contributed by atoms with Crippen LogP contribution in [0.15, 0.2) is 109 Å². The van der Waals surface area contributed by atoms with E-state index in [-0.39, 0.29) is 175 Å². The summed E-state index contributed by atoms with van der Waals surface area (Å²) in [6.07, 6.45) is 2.20. The average molecular weight is 1050 g/mol. The van der Waals surface area contributed by atoms with Gasteiger partial charge in [-0.1, -0.05) is 40.2 Å². The molecule has 350 valence electrons. The number of hydrogen-bond acceptors (Lipinski definition) is 15. The van der Waals surface area contributed by atoms with Crippen LogP contribution in [0, 0.1) is 11.6 Å². The maximum atomic E-state index is 13.2. The smallest absolute Gasteiger partial charge is 1.00 e. The number of carbonyl (C=O) groups is 3. The van der Waals surface area contributed by atoms with Crippen LogP contribution in [0.25, 0.3) is 11.4 Å². The number of anilines is 2. The Balaban J connectivity index is 0.00000104. The Morgan fingerprint density at radius 3 is 1.51 bits per heavy atom. The van der Waals surface area contributed by atoms with Crippen LogP contribution in [0.4, 0.5) is 20.4 Å². The number of nitrogen functional groups attached to an aromatic ring is 2. The number of benzene rings is 4. The molecule has 0 aliphatic carbocycles. The molecule has 0 aliphatic rings. The second-order valence-corrected chi connectivity index (χ2v) is 13.4. The SMILES string of the molecule is CCOC(CBr)OCC.CCOC(COc1cccc(C(=O)c2cnn(-c3ccc(F)cc3)c2N)c1)OCC.Nc1c(C(=O)c2cccc(O)c2)cnn1-c1ccc(F)cc1.O=CO[O-].[H-].[K+].[K+]. The molecule has 6 aromatic rings. The molecular weight excluding hydrogens is 997 g/mol. The standard InChI is InChI=1S/C22H24FN3O4.C16H12FN3O2.C6H13BrO2.CH2O3.2K.H/c1-3-28-20(29-4-2)14-30-18-7-5-6-15(12-18)21(27)19-13-25-26(22(19)24)17-10-8-16(23)9-11-17;17-11-4-6-12(7-5-11)20-16(18)14(9-19-20)15(22)10-2-1-3-13(21)8-10;1-3-8-6(5-7)9-4-2;2-1-4-3;;;/h5-13,20H,3-4,14,24H2,1-2H3;1-9,21H,18H2;6H,3-5H2,1-2H3;1,3H;;;/q;;;;2*+1;-1/p-1. The predicted octanol–water partition coefficient (Wildman–Crippen LogP) is 0.468. The third-order valence-electron chi connectivity index (χ3n) is 8.41. The van der Waals surface area contributed by atoms with Gasteiger partial charge in [0.2, 0.25) is 0 Å². The van der Waals surface area contributed by atoms with Crippen LogP contribution in [0.5, 0.6) is 11.5 Å². The molecule has 22 heteroatoms. The fraction of sp³-hybridized carbons (Fsp3) is 0.267. The summed E-state index contributed by atoms with van der Waals surface area (Å²) in [7, 11) is 0. The van der Waals surface area contributed by atoms with Gasteiger partial charge in [-0.25, -0.2) is 18.1 Å². The summed E-state index contributed by atoms with van der Waals surface area (Å²) in [4.78, 5) is 36.6. The van der Waals surface area contributed by atoms with E-state index in [0.717, 1.165) is 5.33 Å². The number of aromatic hydroxyl groups is 1. The second kappa shape index (κ2) is 34.1. The van der Waals surface area contributed by atoms with Crippen molar-refractivity contribution in [3.8, 4) is 22.9 Å². The Morgan fingerprint density at radius 1 is 0.716 bits per heavy atom. The summed E-state index contributed by atoms with van der Waals surface area (Å²) in [5.74, 6) is -0.547. The zero-order valence-electron chi connectivity index (χ0n) is 39.0. The van der Waals surface area contributed by atoms with Crippen LogP contribution in [-0.2, 0) is 28.6 Å². The first kappa shape index (κ1) is 61.7. The van der Waals surface area contributed by atoms with E-state index in [9.17, 15) is 23.5 Å². The van der Waals surface area contributed by atoms with Gasteiger partial charge in [0.05, 0.1) is 40.2 Å². The summed E-state index contributed by atoms with van der Waals surface area (Å²) >= 11 is 3.27. The number of ether oxygens (including phenoxy) is 5. The van der Waals surface area contributed by atoms with Crippen molar-refractivity contribution < 1.29 is 166 Å². The van der Waals surface area contributed by atoms with Gasteiger partial charge >= 0.3 is 103 Å². The molecule has 0 unspecified atom stereocenters. The van der Waals surface area contributed by atoms with Crippen molar-refractivity contribution in [2.24, 2.45) is 0 Å². The number of nitrogens with two attached hydrogens (primary N) is 2. The van der Waals surface area contributed by atoms with Crippen LogP contribution in [0.2, 0.25) is 0 Å². The van der Waals surface area contributed by atoms with Crippen molar-refractivity contribution in [3.05, 3.63) is 143 Å². The molecule has 0 atom stereocenters. The largest absolute Gasteiger partial charge is 1.00 e. The topological polar surface area (TPSA) is 238 Å². The van der Waals surface area contributed by atoms with Gasteiger partial charge in [-0.15, -0.1) is 0 Å². The van der Waals surface area contributed by atoms with Gasteiger partial charge in [-0.3, -0.25) is 14.4 Å². The third-order valence-corrected chi connectivity index (χ3v) is 8.94. The van der Waals surface area contributed by atoms with Gasteiger partial charge in [-0.05, 0) is 100 Å². The fourth-order valence-electron chi connectivity index (χ4n) is 5.52. The number of ketones is 2. The Hall–Kier alpha value is -3.28. The molecule has 5 N–H and O–H groups in total. The van der Waals surface area contributed by atoms with E-state index in [1.54, 1.807) is 36.4 Å². The molecular formula is C45H51BrF2K2N6O11. The second-order valence-electron chi connectivity index (χ2n) is 12.7. The third kappa shape index (κ3) is 20.3. The Kier molecular flexibility index (Phi) is 31.4. The Labute approximate surface area is 481 Å². The minimum atomic E-state index is -0.482. The Morgan fingerprint density at radius 2 is 1.12 bits per heavy atom. The van der Waals surface area contributed by atoms with E-state index in [0.29, 0.717) is 54.7 Å². The van der Waals surface area contributed by atoms with E-state index in [4.69, 9.17) is 45.2 Å². The van der Waals surface area contributed by atoms with Crippen molar-refractivity contribution in [3.63, 3.8) is 0 Å². The number of carbonyl (C=O) groups excluding carboxylic acids is 3. The minimum absolute atomic E-state index is 0. The van der Waals surface area contributed by atoms with Crippen molar-refractivity contribution in [1.82, 2.24) is 19.6 Å². The van der Waals surface area contributed by atoms with E-state index >= 15 is 0 Å². The van der Waals surface area contributed by atoms with Crippen molar-refractivity contribution in [2.45, 2.75) is 40.3 Å². The number of nitrogens with zero attached hydrogens (tertiary/aromatic N) is 4. The van der Waals surface area contributed by atoms with Crippen LogP contribution in [0.1, 0.15) is 61.0 Å². The van der Waals surface area contributed by atoms with E-state index in [1.807, 2.05) is 27.7 Å². The summed E-state index contributed by atoms with van der Waals surface area (Å²) in [5, 5.41) is 26.9. The zero-order chi connectivity index (χ0) is 47.7. The Bertz CT molecular complexity index is 2370. The first-order valence-electron chi connectivity index (χ1n) is 19.9.